The topological polar surface area (TPSA) is 78.4 Å². The zero-order valence-corrected chi connectivity index (χ0v) is 13.8. The van der Waals surface area contributed by atoms with Crippen LogP contribution in [0.4, 0.5) is 4.79 Å². The van der Waals surface area contributed by atoms with E-state index < -0.39 is 11.9 Å². The molecule has 0 aromatic carbocycles. The van der Waals surface area contributed by atoms with Gasteiger partial charge in [-0.15, -0.1) is 11.3 Å². The third-order valence-corrected chi connectivity index (χ3v) is 4.41. The molecule has 1 rings (SSSR count). The lowest BCUT2D eigenvalue weighted by Gasteiger charge is -2.15. The molecule has 0 saturated heterocycles. The summed E-state index contributed by atoms with van der Waals surface area (Å²) in [4.78, 5) is 25.1. The summed E-state index contributed by atoms with van der Waals surface area (Å²) in [6, 6.07) is 1.73. The number of urea groups is 1. The van der Waals surface area contributed by atoms with Gasteiger partial charge in [0, 0.05) is 16.3 Å². The Labute approximate surface area is 129 Å². The van der Waals surface area contributed by atoms with E-state index in [1.54, 1.807) is 11.3 Å². The first-order valence-corrected chi connectivity index (χ1v) is 7.91. The van der Waals surface area contributed by atoms with Gasteiger partial charge in [0.25, 0.3) is 0 Å². The molecule has 21 heavy (non-hydrogen) atoms. The molecule has 1 atom stereocenters. The Kier molecular flexibility index (Phi) is 6.68. The van der Waals surface area contributed by atoms with E-state index in [1.165, 1.54) is 10.4 Å². The molecule has 1 heterocycles. The van der Waals surface area contributed by atoms with E-state index in [0.29, 0.717) is 13.0 Å². The Morgan fingerprint density at radius 1 is 1.29 bits per heavy atom. The van der Waals surface area contributed by atoms with Gasteiger partial charge in [0.15, 0.2) is 0 Å². The number of aryl methyl sites for hydroxylation is 2. The number of carboxylic acids is 1. The molecule has 0 saturated carbocycles. The van der Waals surface area contributed by atoms with Gasteiger partial charge in [0.1, 0.15) is 0 Å². The van der Waals surface area contributed by atoms with E-state index in [9.17, 15) is 9.59 Å². The van der Waals surface area contributed by atoms with Crippen molar-refractivity contribution in [3.63, 3.8) is 0 Å². The number of rotatable bonds is 7. The molecule has 1 aromatic rings. The smallest absolute Gasteiger partial charge is 0.315 e. The van der Waals surface area contributed by atoms with E-state index in [4.69, 9.17) is 5.11 Å². The molecule has 0 aliphatic carbocycles. The van der Waals surface area contributed by atoms with Gasteiger partial charge < -0.3 is 15.7 Å². The molecule has 1 aromatic heterocycles. The van der Waals surface area contributed by atoms with E-state index in [0.717, 1.165) is 4.88 Å². The number of aliphatic carboxylic acids is 1. The number of hydrogen-bond donors (Lipinski definition) is 3. The minimum Gasteiger partial charge on any atom is -0.481 e. The fourth-order valence-electron chi connectivity index (χ4n) is 2.02. The number of carbonyl (C=O) groups excluding carboxylic acids is 1. The van der Waals surface area contributed by atoms with Crippen molar-refractivity contribution in [2.45, 2.75) is 40.7 Å². The van der Waals surface area contributed by atoms with E-state index in [1.807, 2.05) is 27.7 Å². The molecule has 0 radical (unpaired) electrons. The number of nitrogens with one attached hydrogen (secondary N) is 2. The van der Waals surface area contributed by atoms with Crippen LogP contribution >= 0.6 is 11.3 Å². The van der Waals surface area contributed by atoms with Gasteiger partial charge in [-0.3, -0.25) is 4.79 Å². The van der Waals surface area contributed by atoms with Gasteiger partial charge in [-0.1, -0.05) is 13.8 Å². The van der Waals surface area contributed by atoms with Crippen molar-refractivity contribution in [2.24, 2.45) is 11.8 Å². The van der Waals surface area contributed by atoms with Crippen molar-refractivity contribution in [1.29, 1.82) is 0 Å². The highest BCUT2D eigenvalue weighted by Gasteiger charge is 2.19. The van der Waals surface area contributed by atoms with Gasteiger partial charge >= 0.3 is 12.0 Å². The molecule has 1 unspecified atom stereocenters. The number of carbonyl (C=O) groups is 2. The summed E-state index contributed by atoms with van der Waals surface area (Å²) in [5.74, 6) is -1.12. The fraction of sp³-hybridized carbons (Fsp3) is 0.600. The van der Waals surface area contributed by atoms with Crippen LogP contribution in [0, 0.1) is 25.7 Å². The minimum atomic E-state index is -0.867. The van der Waals surface area contributed by atoms with Crippen molar-refractivity contribution in [2.75, 3.05) is 6.54 Å². The lowest BCUT2D eigenvalue weighted by Crippen LogP contribution is -2.39. The molecule has 3 N–H and O–H groups in total. The van der Waals surface area contributed by atoms with Crippen LogP contribution < -0.4 is 10.6 Å². The first-order valence-electron chi connectivity index (χ1n) is 7.10. The van der Waals surface area contributed by atoms with E-state index >= 15 is 0 Å². The molecule has 6 heteroatoms. The summed E-state index contributed by atoms with van der Waals surface area (Å²) < 4.78 is 0. The zero-order valence-electron chi connectivity index (χ0n) is 13.0. The summed E-state index contributed by atoms with van der Waals surface area (Å²) in [6.45, 7) is 8.65. The number of carboxylic acid groups (broad SMARTS) is 1. The predicted octanol–water partition coefficient (Wildman–Crippen LogP) is 2.91. The quantitative estimate of drug-likeness (QED) is 0.724. The average Bonchev–Trinajstić information content (AvgIpc) is 2.70. The summed E-state index contributed by atoms with van der Waals surface area (Å²) in [5.41, 5.74) is 1.22. The van der Waals surface area contributed by atoms with Gasteiger partial charge in [0.05, 0.1) is 12.5 Å². The third-order valence-electron chi connectivity index (χ3n) is 3.25. The number of amides is 2. The second kappa shape index (κ2) is 8.02. The first kappa shape index (κ1) is 17.5. The van der Waals surface area contributed by atoms with Crippen LogP contribution in [0.25, 0.3) is 0 Å². The molecule has 0 aliphatic heterocycles. The Balaban J connectivity index is 2.37. The highest BCUT2D eigenvalue weighted by atomic mass is 32.1. The number of thiophene rings is 1. The SMILES string of the molecule is Cc1cc(CNC(=O)NCC(CC(C)C)C(=O)O)sc1C. The molecule has 118 valence electrons. The molecule has 5 nitrogen and oxygen atoms in total. The highest BCUT2D eigenvalue weighted by molar-refractivity contribution is 7.12. The lowest BCUT2D eigenvalue weighted by molar-refractivity contribution is -0.142. The minimum absolute atomic E-state index is 0.155. The maximum absolute atomic E-state index is 11.7. The molecule has 0 bridgehead atoms. The molecule has 0 fully saturated rings. The van der Waals surface area contributed by atoms with Crippen molar-refractivity contribution in [1.82, 2.24) is 10.6 Å². The van der Waals surface area contributed by atoms with Crippen LogP contribution in [-0.2, 0) is 11.3 Å². The van der Waals surface area contributed by atoms with E-state index in [2.05, 4.69) is 16.7 Å². The highest BCUT2D eigenvalue weighted by Crippen LogP contribution is 2.20. The average molecular weight is 312 g/mol. The maximum atomic E-state index is 11.7. The molecular weight excluding hydrogens is 288 g/mol. The van der Waals surface area contributed by atoms with Crippen molar-refractivity contribution < 1.29 is 14.7 Å². The monoisotopic (exact) mass is 312 g/mol. The molecule has 0 aliphatic rings. The predicted molar refractivity (Wildman–Crippen MR) is 84.6 cm³/mol. The normalized spacial score (nSPS) is 12.2. The summed E-state index contributed by atoms with van der Waals surface area (Å²) in [5, 5.41) is 14.5. The zero-order chi connectivity index (χ0) is 16.0. The standard InChI is InChI=1S/C15H24N2O3S/c1-9(2)5-12(14(18)19)7-16-15(20)17-8-13-6-10(3)11(4)21-13/h6,9,12H,5,7-8H2,1-4H3,(H,18,19)(H2,16,17,20). The van der Waals surface area contributed by atoms with E-state index in [-0.39, 0.29) is 18.5 Å². The van der Waals surface area contributed by atoms with Gasteiger partial charge in [-0.25, -0.2) is 4.79 Å². The first-order chi connectivity index (χ1) is 9.79. The van der Waals surface area contributed by atoms with Crippen LogP contribution in [0.5, 0.6) is 0 Å². The van der Waals surface area contributed by atoms with Crippen LogP contribution in [0.1, 0.15) is 35.6 Å². The second-order valence-electron chi connectivity index (χ2n) is 5.68. The maximum Gasteiger partial charge on any atom is 0.315 e. The Morgan fingerprint density at radius 3 is 2.43 bits per heavy atom. The Hall–Kier alpha value is -1.56. The van der Waals surface area contributed by atoms with Gasteiger partial charge in [-0.05, 0) is 37.8 Å². The number of hydrogen-bond acceptors (Lipinski definition) is 3. The van der Waals surface area contributed by atoms with Crippen LogP contribution in [0.2, 0.25) is 0 Å². The molecule has 2 amide bonds. The molecule has 0 spiro atoms. The Bertz CT molecular complexity index is 478. The van der Waals surface area contributed by atoms with Crippen molar-refractivity contribution in [3.05, 3.63) is 21.4 Å². The fourth-order valence-corrected chi connectivity index (χ4v) is 3.02. The summed E-state index contributed by atoms with van der Waals surface area (Å²) >= 11 is 1.66. The summed E-state index contributed by atoms with van der Waals surface area (Å²) in [6.07, 6.45) is 0.554. The van der Waals surface area contributed by atoms with Crippen molar-refractivity contribution in [3.8, 4) is 0 Å². The van der Waals surface area contributed by atoms with Gasteiger partial charge in [-0.2, -0.15) is 0 Å². The summed E-state index contributed by atoms with van der Waals surface area (Å²) in [7, 11) is 0. The van der Waals surface area contributed by atoms with Crippen molar-refractivity contribution >= 4 is 23.3 Å². The van der Waals surface area contributed by atoms with Crippen LogP contribution in [0.15, 0.2) is 6.07 Å². The van der Waals surface area contributed by atoms with Crippen LogP contribution in [-0.4, -0.2) is 23.7 Å². The lowest BCUT2D eigenvalue weighted by atomic mass is 9.97. The van der Waals surface area contributed by atoms with Crippen LogP contribution in [0.3, 0.4) is 0 Å². The second-order valence-corrected chi connectivity index (χ2v) is 7.02. The largest absolute Gasteiger partial charge is 0.481 e. The third kappa shape index (κ3) is 6.16. The van der Waals surface area contributed by atoms with Gasteiger partial charge in [0.2, 0.25) is 0 Å². The Morgan fingerprint density at radius 2 is 1.95 bits per heavy atom. The molecular formula is C15H24N2O3S.